The van der Waals surface area contributed by atoms with E-state index < -0.39 is 0 Å². The van der Waals surface area contributed by atoms with Gasteiger partial charge in [-0.2, -0.15) is 0 Å². The number of anilines is 3. The zero-order chi connectivity index (χ0) is 36.3. The molecule has 0 saturated heterocycles. The van der Waals surface area contributed by atoms with Crippen LogP contribution in [0.4, 0.5) is 17.1 Å². The van der Waals surface area contributed by atoms with Crippen molar-refractivity contribution in [3.05, 3.63) is 200 Å². The van der Waals surface area contributed by atoms with Crippen LogP contribution < -0.4 is 4.90 Å². The van der Waals surface area contributed by atoms with Gasteiger partial charge in [0.15, 0.2) is 0 Å². The summed E-state index contributed by atoms with van der Waals surface area (Å²) in [7, 11) is 0. The Morgan fingerprint density at radius 3 is 1.84 bits per heavy atom. The molecule has 0 aliphatic carbocycles. The average molecular weight is 720 g/mol. The van der Waals surface area contributed by atoms with E-state index in [1.54, 1.807) is 0 Å². The highest BCUT2D eigenvalue weighted by atomic mass is 32.1. The number of furan rings is 1. The fraction of sp³-hybridized carbons (Fsp3) is 0. The van der Waals surface area contributed by atoms with Gasteiger partial charge in [0.2, 0.25) is 0 Å². The maximum absolute atomic E-state index is 6.76. The van der Waals surface area contributed by atoms with Crippen LogP contribution in [-0.2, 0) is 0 Å². The van der Waals surface area contributed by atoms with Crippen LogP contribution in [0.15, 0.2) is 205 Å². The Kier molecular flexibility index (Phi) is 7.39. The third kappa shape index (κ3) is 5.32. The molecule has 0 aliphatic rings. The van der Waals surface area contributed by atoms with E-state index in [2.05, 4.69) is 205 Å². The fourth-order valence-corrected chi connectivity index (χ4v) is 9.51. The quantitative estimate of drug-likeness (QED) is 0.170. The van der Waals surface area contributed by atoms with Crippen LogP contribution in [0.3, 0.4) is 0 Å². The van der Waals surface area contributed by atoms with E-state index in [4.69, 9.17) is 4.42 Å². The number of thiophene rings is 1. The third-order valence-electron chi connectivity index (χ3n) is 10.8. The Morgan fingerprint density at radius 1 is 0.400 bits per heavy atom. The van der Waals surface area contributed by atoms with E-state index in [-0.39, 0.29) is 0 Å². The summed E-state index contributed by atoms with van der Waals surface area (Å²) >= 11 is 1.87. The van der Waals surface area contributed by atoms with Gasteiger partial charge in [0, 0.05) is 42.3 Å². The topological polar surface area (TPSA) is 16.4 Å². The van der Waals surface area contributed by atoms with Crippen molar-refractivity contribution in [3.8, 4) is 33.4 Å². The predicted octanol–water partition coefficient (Wildman–Crippen LogP) is 15.6. The molecular weight excluding hydrogens is 687 g/mol. The SMILES string of the molecule is c1ccc(-c2cc(-c3ccccc3)cc(N(c3cccc(-c4cccc5c4sc4ccccc45)c3)c3cccc4oc5c6ccccc6ccc5c34)c2)cc1. The van der Waals surface area contributed by atoms with Crippen LogP contribution in [0, 0.1) is 0 Å². The van der Waals surface area contributed by atoms with Gasteiger partial charge in [-0.15, -0.1) is 11.3 Å². The Balaban J connectivity index is 1.20. The first kappa shape index (κ1) is 31.6. The standard InChI is InChI=1S/C52H33NOS/c1-3-14-34(15-4-1)38-30-39(35-16-5-2-6-17-35)33-41(32-38)53(47-25-13-26-48-50(47)46-29-28-36-18-7-8-21-42(36)51(46)54-48)40-20-11-19-37(31-40)43-23-12-24-45-44-22-9-10-27-49(44)55-52(43)45/h1-33H. The lowest BCUT2D eigenvalue weighted by atomic mass is 9.96. The molecule has 0 atom stereocenters. The second kappa shape index (κ2) is 12.9. The van der Waals surface area contributed by atoms with Gasteiger partial charge in [0.25, 0.3) is 0 Å². The predicted molar refractivity (Wildman–Crippen MR) is 235 cm³/mol. The highest BCUT2D eigenvalue weighted by Crippen LogP contribution is 2.47. The molecule has 9 aromatic carbocycles. The van der Waals surface area contributed by atoms with Gasteiger partial charge in [0.05, 0.1) is 11.1 Å². The first-order valence-corrected chi connectivity index (χ1v) is 19.5. The Labute approximate surface area is 322 Å². The first-order chi connectivity index (χ1) is 27.3. The zero-order valence-electron chi connectivity index (χ0n) is 29.8. The van der Waals surface area contributed by atoms with Crippen molar-refractivity contribution >= 4 is 81.3 Å². The Bertz CT molecular complexity index is 3150. The average Bonchev–Trinajstić information content (AvgIpc) is 3.84. The van der Waals surface area contributed by atoms with Crippen LogP contribution in [-0.4, -0.2) is 0 Å². The number of hydrogen-bond acceptors (Lipinski definition) is 3. The molecule has 0 radical (unpaired) electrons. The van der Waals surface area contributed by atoms with Crippen molar-refractivity contribution < 1.29 is 4.42 Å². The van der Waals surface area contributed by atoms with Crippen molar-refractivity contribution in [2.45, 2.75) is 0 Å². The molecule has 0 aliphatic heterocycles. The summed E-state index contributed by atoms with van der Waals surface area (Å²) in [6.07, 6.45) is 0. The summed E-state index contributed by atoms with van der Waals surface area (Å²) in [5, 5.41) is 7.07. The molecule has 0 bridgehead atoms. The van der Waals surface area contributed by atoms with Crippen molar-refractivity contribution in [1.29, 1.82) is 0 Å². The zero-order valence-corrected chi connectivity index (χ0v) is 30.6. The minimum Gasteiger partial charge on any atom is -0.455 e. The molecule has 2 nitrogen and oxygen atoms in total. The van der Waals surface area contributed by atoms with Crippen molar-refractivity contribution in [2.75, 3.05) is 4.90 Å². The number of rotatable bonds is 6. The monoisotopic (exact) mass is 719 g/mol. The van der Waals surface area contributed by atoms with Gasteiger partial charge in [-0.25, -0.2) is 0 Å². The molecule has 0 saturated carbocycles. The molecular formula is C52H33NOS. The number of benzene rings is 9. The van der Waals surface area contributed by atoms with Crippen LogP contribution in [0.5, 0.6) is 0 Å². The third-order valence-corrected chi connectivity index (χ3v) is 12.0. The molecule has 0 fully saturated rings. The molecule has 0 N–H and O–H groups in total. The van der Waals surface area contributed by atoms with Crippen LogP contribution in [0.25, 0.3) is 86.3 Å². The van der Waals surface area contributed by atoms with E-state index in [1.165, 1.54) is 47.8 Å². The molecule has 3 heteroatoms. The Hall–Kier alpha value is -6.94. The Morgan fingerprint density at radius 2 is 1.04 bits per heavy atom. The highest BCUT2D eigenvalue weighted by Gasteiger charge is 2.22. The number of fused-ring (bicyclic) bond motifs is 8. The summed E-state index contributed by atoms with van der Waals surface area (Å²) in [6.45, 7) is 0. The molecule has 11 aromatic rings. The minimum atomic E-state index is 0.863. The van der Waals surface area contributed by atoms with E-state index in [0.717, 1.165) is 55.5 Å². The van der Waals surface area contributed by atoms with E-state index in [0.29, 0.717) is 0 Å². The molecule has 55 heavy (non-hydrogen) atoms. The number of hydrogen-bond donors (Lipinski definition) is 0. The maximum atomic E-state index is 6.76. The lowest BCUT2D eigenvalue weighted by molar-refractivity contribution is 0.672. The number of nitrogens with zero attached hydrogens (tertiary/aromatic N) is 1. The smallest absolute Gasteiger partial charge is 0.143 e. The largest absolute Gasteiger partial charge is 0.455 e. The molecule has 2 aromatic heterocycles. The van der Waals surface area contributed by atoms with Crippen LogP contribution in [0.1, 0.15) is 0 Å². The molecule has 2 heterocycles. The van der Waals surface area contributed by atoms with E-state index in [9.17, 15) is 0 Å². The van der Waals surface area contributed by atoms with Gasteiger partial charge >= 0.3 is 0 Å². The van der Waals surface area contributed by atoms with E-state index >= 15 is 0 Å². The lowest BCUT2D eigenvalue weighted by Gasteiger charge is -2.28. The lowest BCUT2D eigenvalue weighted by Crippen LogP contribution is -2.11. The second-order valence-electron chi connectivity index (χ2n) is 14.1. The van der Waals surface area contributed by atoms with Gasteiger partial charge in [-0.3, -0.25) is 0 Å². The first-order valence-electron chi connectivity index (χ1n) is 18.7. The van der Waals surface area contributed by atoms with Crippen LogP contribution in [0.2, 0.25) is 0 Å². The van der Waals surface area contributed by atoms with Gasteiger partial charge < -0.3 is 9.32 Å². The second-order valence-corrected chi connectivity index (χ2v) is 15.1. The summed E-state index contributed by atoms with van der Waals surface area (Å²) in [4.78, 5) is 2.43. The molecule has 258 valence electrons. The maximum Gasteiger partial charge on any atom is 0.143 e. The minimum absolute atomic E-state index is 0.863. The fourth-order valence-electron chi connectivity index (χ4n) is 8.27. The van der Waals surface area contributed by atoms with Gasteiger partial charge in [0.1, 0.15) is 11.2 Å². The summed E-state index contributed by atoms with van der Waals surface area (Å²) in [5.74, 6) is 0. The summed E-state index contributed by atoms with van der Waals surface area (Å²) < 4.78 is 9.37. The molecule has 0 amide bonds. The van der Waals surface area contributed by atoms with Gasteiger partial charge in [-0.05, 0) is 93.4 Å². The molecule has 11 rings (SSSR count). The normalized spacial score (nSPS) is 11.6. The van der Waals surface area contributed by atoms with Gasteiger partial charge in [-0.1, -0.05) is 146 Å². The van der Waals surface area contributed by atoms with Crippen molar-refractivity contribution in [1.82, 2.24) is 0 Å². The summed E-state index contributed by atoms with van der Waals surface area (Å²) in [5.41, 5.74) is 12.0. The van der Waals surface area contributed by atoms with Crippen molar-refractivity contribution in [3.63, 3.8) is 0 Å². The molecule has 0 spiro atoms. The molecule has 0 unspecified atom stereocenters. The highest BCUT2D eigenvalue weighted by molar-refractivity contribution is 7.26. The van der Waals surface area contributed by atoms with E-state index in [1.807, 2.05) is 11.3 Å². The van der Waals surface area contributed by atoms with Crippen LogP contribution >= 0.6 is 11.3 Å². The summed E-state index contributed by atoms with van der Waals surface area (Å²) in [6, 6.07) is 72.2. The van der Waals surface area contributed by atoms with Crippen molar-refractivity contribution in [2.24, 2.45) is 0 Å².